The molecule has 0 amide bonds. The van der Waals surface area contributed by atoms with Crippen molar-refractivity contribution >= 4 is 0 Å². The van der Waals surface area contributed by atoms with Crippen molar-refractivity contribution in [2.45, 2.75) is 32.5 Å². The van der Waals surface area contributed by atoms with E-state index < -0.39 is 11.9 Å². The van der Waals surface area contributed by atoms with E-state index >= 15 is 0 Å². The number of aromatic nitrogens is 2. The third-order valence-electron chi connectivity index (χ3n) is 2.20. The quantitative estimate of drug-likeness (QED) is 0.867. The summed E-state index contributed by atoms with van der Waals surface area (Å²) in [6.07, 6.45) is -3.84. The maximum atomic E-state index is 12.7. The molecule has 3 nitrogen and oxygen atoms in total. The summed E-state index contributed by atoms with van der Waals surface area (Å²) in [4.78, 5) is 0. The third kappa shape index (κ3) is 2.98. The second-order valence-corrected chi connectivity index (χ2v) is 3.91. The molecule has 0 aliphatic carbocycles. The van der Waals surface area contributed by atoms with E-state index in [1.807, 2.05) is 0 Å². The van der Waals surface area contributed by atoms with Crippen LogP contribution in [0.2, 0.25) is 0 Å². The first-order valence-electron chi connectivity index (χ1n) is 5.16. The zero-order valence-electron chi connectivity index (χ0n) is 9.60. The molecule has 1 aromatic rings. The van der Waals surface area contributed by atoms with E-state index in [-0.39, 0.29) is 6.04 Å². The summed E-state index contributed by atoms with van der Waals surface area (Å²) in [5.74, 6) is 0. The topological polar surface area (TPSA) is 29.9 Å². The fourth-order valence-electron chi connectivity index (χ4n) is 1.43. The maximum absolute atomic E-state index is 12.7. The minimum atomic E-state index is -4.34. The van der Waals surface area contributed by atoms with Crippen LogP contribution in [0.4, 0.5) is 13.2 Å². The molecule has 0 fully saturated rings. The fraction of sp³-hybridized carbons (Fsp3) is 0.700. The van der Waals surface area contributed by atoms with Gasteiger partial charge in [-0.1, -0.05) is 0 Å². The van der Waals surface area contributed by atoms with Gasteiger partial charge in [0.25, 0.3) is 0 Å². The molecule has 0 unspecified atom stereocenters. The van der Waals surface area contributed by atoms with Crippen LogP contribution in [0.1, 0.15) is 31.3 Å². The van der Waals surface area contributed by atoms with Crippen LogP contribution < -0.4 is 5.32 Å². The van der Waals surface area contributed by atoms with Gasteiger partial charge in [-0.3, -0.25) is 4.68 Å². The predicted octanol–water partition coefficient (Wildman–Crippen LogP) is 2.24. The molecule has 92 valence electrons. The second kappa shape index (κ2) is 4.86. The Morgan fingerprint density at radius 3 is 2.44 bits per heavy atom. The van der Waals surface area contributed by atoms with Gasteiger partial charge in [-0.15, -0.1) is 0 Å². The van der Waals surface area contributed by atoms with Gasteiger partial charge in [0.2, 0.25) is 0 Å². The van der Waals surface area contributed by atoms with Gasteiger partial charge in [0.15, 0.2) is 0 Å². The van der Waals surface area contributed by atoms with Gasteiger partial charge < -0.3 is 5.32 Å². The zero-order valence-corrected chi connectivity index (χ0v) is 9.60. The van der Waals surface area contributed by atoms with E-state index in [1.54, 1.807) is 20.9 Å². The van der Waals surface area contributed by atoms with E-state index in [0.29, 0.717) is 18.7 Å². The molecule has 0 aliphatic rings. The van der Waals surface area contributed by atoms with Gasteiger partial charge in [0.1, 0.15) is 5.69 Å². The van der Waals surface area contributed by atoms with Crippen LogP contribution in [0.5, 0.6) is 0 Å². The summed E-state index contributed by atoms with van der Waals surface area (Å²) in [7, 11) is 1.75. The molecule has 0 saturated heterocycles. The monoisotopic (exact) mass is 235 g/mol. The lowest BCUT2D eigenvalue weighted by Gasteiger charge is -2.12. The number of nitrogens with one attached hydrogen (secondary N) is 1. The van der Waals surface area contributed by atoms with Gasteiger partial charge >= 0.3 is 6.18 Å². The lowest BCUT2D eigenvalue weighted by molar-refractivity contribution is -0.144. The largest absolute Gasteiger partial charge is 0.433 e. The minimum Gasteiger partial charge on any atom is -0.319 e. The molecule has 0 radical (unpaired) electrons. The Balaban J connectivity index is 3.01. The van der Waals surface area contributed by atoms with Gasteiger partial charge in [-0.25, -0.2) is 0 Å². The molecule has 0 aromatic carbocycles. The Labute approximate surface area is 92.6 Å². The Morgan fingerprint density at radius 1 is 1.44 bits per heavy atom. The van der Waals surface area contributed by atoms with E-state index in [1.165, 1.54) is 0 Å². The molecule has 1 rings (SSSR count). The van der Waals surface area contributed by atoms with Crippen molar-refractivity contribution in [1.82, 2.24) is 15.1 Å². The highest BCUT2D eigenvalue weighted by atomic mass is 19.4. The number of nitrogens with zero attached hydrogens (tertiary/aromatic N) is 2. The third-order valence-corrected chi connectivity index (χ3v) is 2.20. The van der Waals surface area contributed by atoms with E-state index in [9.17, 15) is 13.2 Å². The molecule has 16 heavy (non-hydrogen) atoms. The van der Waals surface area contributed by atoms with Crippen molar-refractivity contribution in [3.63, 3.8) is 0 Å². The Bertz CT molecular complexity index is 342. The zero-order chi connectivity index (χ0) is 12.3. The van der Waals surface area contributed by atoms with Crippen LogP contribution in [-0.4, -0.2) is 23.4 Å². The molecule has 1 heterocycles. The van der Waals surface area contributed by atoms with Gasteiger partial charge in [0.05, 0.1) is 5.69 Å². The van der Waals surface area contributed by atoms with Gasteiger partial charge in [0, 0.05) is 19.0 Å². The molecule has 0 bridgehead atoms. The molecular formula is C10H16F3N3. The summed E-state index contributed by atoms with van der Waals surface area (Å²) in [6, 6.07) is 0.831. The van der Waals surface area contributed by atoms with E-state index in [4.69, 9.17) is 0 Å². The molecule has 0 aliphatic heterocycles. The molecule has 1 aromatic heterocycles. The van der Waals surface area contributed by atoms with E-state index in [2.05, 4.69) is 10.4 Å². The molecule has 0 spiro atoms. The SMILES string of the molecule is CNCCc1cc(C(F)(F)F)n(C(C)C)n1. The summed E-state index contributed by atoms with van der Waals surface area (Å²) < 4.78 is 39.0. The molecule has 0 atom stereocenters. The number of rotatable bonds is 4. The van der Waals surface area contributed by atoms with Crippen LogP contribution in [-0.2, 0) is 12.6 Å². The number of hydrogen-bond acceptors (Lipinski definition) is 2. The van der Waals surface area contributed by atoms with Crippen molar-refractivity contribution in [2.24, 2.45) is 0 Å². The molecular weight excluding hydrogens is 219 g/mol. The van der Waals surface area contributed by atoms with Crippen molar-refractivity contribution < 1.29 is 13.2 Å². The van der Waals surface area contributed by atoms with Crippen molar-refractivity contribution in [3.8, 4) is 0 Å². The van der Waals surface area contributed by atoms with Crippen LogP contribution in [0.15, 0.2) is 6.07 Å². The van der Waals surface area contributed by atoms with Gasteiger partial charge in [-0.05, 0) is 27.0 Å². The normalized spacial score (nSPS) is 12.4. The lowest BCUT2D eigenvalue weighted by Crippen LogP contribution is -2.16. The van der Waals surface area contributed by atoms with Crippen LogP contribution in [0, 0.1) is 0 Å². The highest BCUT2D eigenvalue weighted by Gasteiger charge is 2.36. The molecule has 6 heteroatoms. The average molecular weight is 235 g/mol. The van der Waals surface area contributed by atoms with Crippen LogP contribution >= 0.6 is 0 Å². The van der Waals surface area contributed by atoms with Crippen LogP contribution in [0.25, 0.3) is 0 Å². The fourth-order valence-corrected chi connectivity index (χ4v) is 1.43. The minimum absolute atomic E-state index is 0.292. The molecule has 1 N–H and O–H groups in total. The summed E-state index contributed by atoms with van der Waals surface area (Å²) in [5.41, 5.74) is -0.205. The summed E-state index contributed by atoms with van der Waals surface area (Å²) in [5, 5.41) is 6.85. The Kier molecular flexibility index (Phi) is 3.96. The maximum Gasteiger partial charge on any atom is 0.433 e. The Hall–Kier alpha value is -1.04. The number of alkyl halides is 3. The summed E-state index contributed by atoms with van der Waals surface area (Å²) in [6.45, 7) is 3.99. The van der Waals surface area contributed by atoms with Gasteiger partial charge in [-0.2, -0.15) is 18.3 Å². The van der Waals surface area contributed by atoms with Crippen LogP contribution in [0.3, 0.4) is 0 Å². The highest BCUT2D eigenvalue weighted by molar-refractivity contribution is 5.14. The standard InChI is InChI=1S/C10H16F3N3/c1-7(2)16-9(10(11,12)13)6-8(15-16)4-5-14-3/h6-7,14H,4-5H2,1-3H3. The summed E-state index contributed by atoms with van der Waals surface area (Å²) >= 11 is 0. The van der Waals surface area contributed by atoms with E-state index in [0.717, 1.165) is 10.7 Å². The number of hydrogen-bond donors (Lipinski definition) is 1. The smallest absolute Gasteiger partial charge is 0.319 e. The highest BCUT2D eigenvalue weighted by Crippen LogP contribution is 2.31. The van der Waals surface area contributed by atoms with Crippen molar-refractivity contribution in [3.05, 3.63) is 17.5 Å². The predicted molar refractivity (Wildman–Crippen MR) is 55.2 cm³/mol. The first kappa shape index (κ1) is 13.0. The average Bonchev–Trinajstić information content (AvgIpc) is 2.58. The van der Waals surface area contributed by atoms with Crippen molar-refractivity contribution in [2.75, 3.05) is 13.6 Å². The number of halogens is 3. The molecule has 0 saturated carbocycles. The second-order valence-electron chi connectivity index (χ2n) is 3.91. The lowest BCUT2D eigenvalue weighted by atomic mass is 10.2. The first-order valence-corrected chi connectivity index (χ1v) is 5.16. The Morgan fingerprint density at radius 2 is 2.06 bits per heavy atom. The van der Waals surface area contributed by atoms with Crippen molar-refractivity contribution in [1.29, 1.82) is 0 Å². The number of likely N-dealkylation sites (N-methyl/N-ethyl adjacent to an activating group) is 1. The first-order chi connectivity index (χ1) is 7.36.